The third kappa shape index (κ3) is 24.5. The maximum atomic E-state index is 12.1. The Bertz CT molecular complexity index is 641. The molecule has 1 atom stereocenters. The molecule has 0 rings (SSSR count). The molecular formula is C29H50NO4+. The molecule has 194 valence electrons. The molecule has 0 aliphatic rings. The third-order valence-electron chi connectivity index (χ3n) is 5.16. The van der Waals surface area contributed by atoms with Gasteiger partial charge in [-0.3, -0.25) is 9.59 Å². The van der Waals surface area contributed by atoms with Gasteiger partial charge in [-0.1, -0.05) is 74.8 Å². The number of carbonyl (C=O) groups excluding carboxylic acids is 1. The second-order valence-electron chi connectivity index (χ2n) is 9.87. The summed E-state index contributed by atoms with van der Waals surface area (Å²) in [5, 5.41) is 9.02. The van der Waals surface area contributed by atoms with Gasteiger partial charge in [0.05, 0.1) is 27.6 Å². The topological polar surface area (TPSA) is 63.6 Å². The largest absolute Gasteiger partial charge is 0.481 e. The number of hydrogen-bond donors (Lipinski definition) is 1. The van der Waals surface area contributed by atoms with E-state index in [0.717, 1.165) is 44.9 Å². The number of ether oxygens (including phenoxy) is 1. The molecule has 34 heavy (non-hydrogen) atoms. The smallest absolute Gasteiger partial charge is 0.307 e. The minimum Gasteiger partial charge on any atom is -0.481 e. The zero-order valence-electron chi connectivity index (χ0n) is 22.2. The molecule has 0 heterocycles. The van der Waals surface area contributed by atoms with E-state index >= 15 is 0 Å². The van der Waals surface area contributed by atoms with Crippen LogP contribution in [0.3, 0.4) is 0 Å². The van der Waals surface area contributed by atoms with Crippen LogP contribution in [0.2, 0.25) is 0 Å². The van der Waals surface area contributed by atoms with Gasteiger partial charge < -0.3 is 14.3 Å². The zero-order valence-corrected chi connectivity index (χ0v) is 22.2. The molecule has 0 bridgehead atoms. The van der Waals surface area contributed by atoms with Crippen molar-refractivity contribution in [3.05, 3.63) is 48.6 Å². The molecule has 0 saturated heterocycles. The molecule has 5 heteroatoms. The van der Waals surface area contributed by atoms with E-state index in [9.17, 15) is 9.59 Å². The fourth-order valence-corrected chi connectivity index (χ4v) is 3.46. The number of carboxylic acid groups (broad SMARTS) is 1. The average Bonchev–Trinajstić information content (AvgIpc) is 2.73. The van der Waals surface area contributed by atoms with Crippen molar-refractivity contribution in [1.82, 2.24) is 0 Å². The van der Waals surface area contributed by atoms with Crippen LogP contribution in [0.25, 0.3) is 0 Å². The number of aliphatic carboxylic acids is 1. The lowest BCUT2D eigenvalue weighted by molar-refractivity contribution is -0.873. The predicted molar refractivity (Wildman–Crippen MR) is 143 cm³/mol. The van der Waals surface area contributed by atoms with Crippen LogP contribution in [-0.2, 0) is 14.3 Å². The highest BCUT2D eigenvalue weighted by atomic mass is 16.5. The summed E-state index contributed by atoms with van der Waals surface area (Å²) < 4.78 is 5.97. The Hall–Kier alpha value is -2.14. The fourth-order valence-electron chi connectivity index (χ4n) is 3.46. The molecule has 0 spiro atoms. The van der Waals surface area contributed by atoms with Crippen LogP contribution in [0.1, 0.15) is 90.4 Å². The summed E-state index contributed by atoms with van der Waals surface area (Å²) in [6.07, 6.45) is 29.3. The second-order valence-corrected chi connectivity index (χ2v) is 9.87. The summed E-state index contributed by atoms with van der Waals surface area (Å²) in [6, 6.07) is 0. The zero-order chi connectivity index (χ0) is 25.5. The first-order chi connectivity index (χ1) is 16.2. The Morgan fingerprint density at radius 3 is 1.74 bits per heavy atom. The van der Waals surface area contributed by atoms with E-state index in [1.807, 2.05) is 21.1 Å². The molecule has 1 unspecified atom stereocenters. The van der Waals surface area contributed by atoms with E-state index in [4.69, 9.17) is 9.84 Å². The van der Waals surface area contributed by atoms with Crippen molar-refractivity contribution < 1.29 is 23.9 Å². The Kier molecular flexibility index (Phi) is 20.1. The highest BCUT2D eigenvalue weighted by Gasteiger charge is 2.24. The molecule has 0 aromatic rings. The van der Waals surface area contributed by atoms with Crippen molar-refractivity contribution in [2.45, 2.75) is 96.5 Å². The highest BCUT2D eigenvalue weighted by Crippen LogP contribution is 2.10. The summed E-state index contributed by atoms with van der Waals surface area (Å²) in [5.41, 5.74) is 0. The lowest BCUT2D eigenvalue weighted by atomic mass is 10.1. The maximum Gasteiger partial charge on any atom is 0.307 e. The number of nitrogens with zero attached hydrogens (tertiary/aromatic N) is 1. The number of hydrogen-bond acceptors (Lipinski definition) is 3. The standard InChI is InChI=1S/C29H49NO4/c1-5-6-7-8-9-10-11-12-13-14-15-16-17-18-19-20-21-22-23-24-29(33)34-27(25-28(31)32)26-30(2,3)4/h9-10,12-13,15-16,18-19,27H,5-8,11,14,17,20-26H2,1-4H3/p+1/b10-9-,13-12-,16-15-,19-18-. The monoisotopic (exact) mass is 476 g/mol. The van der Waals surface area contributed by atoms with Gasteiger partial charge in [-0.2, -0.15) is 0 Å². The lowest BCUT2D eigenvalue weighted by Gasteiger charge is -2.28. The molecule has 0 fully saturated rings. The van der Waals surface area contributed by atoms with Crippen molar-refractivity contribution in [1.29, 1.82) is 0 Å². The molecule has 0 aliphatic carbocycles. The summed E-state index contributed by atoms with van der Waals surface area (Å²) in [7, 11) is 5.87. The fraction of sp³-hybridized carbons (Fsp3) is 0.655. The van der Waals surface area contributed by atoms with Crippen LogP contribution in [0.4, 0.5) is 0 Å². The molecule has 1 N–H and O–H groups in total. The summed E-state index contributed by atoms with van der Waals surface area (Å²) in [4.78, 5) is 23.1. The van der Waals surface area contributed by atoms with Gasteiger partial charge in [-0.05, 0) is 51.4 Å². The minimum absolute atomic E-state index is 0.146. The van der Waals surface area contributed by atoms with Gasteiger partial charge in [-0.15, -0.1) is 0 Å². The van der Waals surface area contributed by atoms with Crippen molar-refractivity contribution in [3.8, 4) is 0 Å². The van der Waals surface area contributed by atoms with Crippen molar-refractivity contribution >= 4 is 11.9 Å². The van der Waals surface area contributed by atoms with Crippen molar-refractivity contribution in [2.75, 3.05) is 27.7 Å². The van der Waals surface area contributed by atoms with Gasteiger partial charge in [0.25, 0.3) is 0 Å². The number of allylic oxidation sites excluding steroid dienone is 8. The molecule has 0 amide bonds. The second kappa shape index (κ2) is 21.4. The van der Waals surface area contributed by atoms with Crippen LogP contribution in [0.5, 0.6) is 0 Å². The molecule has 0 aliphatic heterocycles. The SMILES string of the molecule is CCCCC/C=C\C/C=C\C/C=C\C/C=C\CCCCCC(=O)OC(CC(=O)O)C[N+](C)(C)C. The molecule has 0 radical (unpaired) electrons. The van der Waals surface area contributed by atoms with Gasteiger partial charge in [0.2, 0.25) is 0 Å². The highest BCUT2D eigenvalue weighted by molar-refractivity contribution is 5.71. The first-order valence-electron chi connectivity index (χ1n) is 13.1. The summed E-state index contributed by atoms with van der Waals surface area (Å²) in [5.74, 6) is -1.23. The maximum absolute atomic E-state index is 12.1. The number of esters is 1. The summed E-state index contributed by atoms with van der Waals surface area (Å²) >= 11 is 0. The normalized spacial score (nSPS) is 13.5. The number of likely N-dealkylation sites (N-methyl/N-ethyl adjacent to an activating group) is 1. The Balaban J connectivity index is 3.76. The van der Waals surface area contributed by atoms with E-state index < -0.39 is 12.1 Å². The van der Waals surface area contributed by atoms with Crippen molar-refractivity contribution in [2.24, 2.45) is 0 Å². The molecular weight excluding hydrogens is 426 g/mol. The van der Waals surface area contributed by atoms with Gasteiger partial charge in [0.1, 0.15) is 6.54 Å². The molecule has 5 nitrogen and oxygen atoms in total. The Morgan fingerprint density at radius 1 is 0.765 bits per heavy atom. The van der Waals surface area contributed by atoms with Crippen LogP contribution >= 0.6 is 0 Å². The minimum atomic E-state index is -0.940. The summed E-state index contributed by atoms with van der Waals surface area (Å²) in [6.45, 7) is 2.72. The number of carboxylic acids is 1. The van der Waals surface area contributed by atoms with E-state index in [2.05, 4.69) is 55.5 Å². The molecule has 0 aromatic heterocycles. The Morgan fingerprint density at radius 2 is 1.26 bits per heavy atom. The van der Waals surface area contributed by atoms with Crippen LogP contribution in [0.15, 0.2) is 48.6 Å². The van der Waals surface area contributed by atoms with E-state index in [1.165, 1.54) is 25.7 Å². The van der Waals surface area contributed by atoms with Gasteiger partial charge in [0, 0.05) is 6.42 Å². The number of carbonyl (C=O) groups is 2. The van der Waals surface area contributed by atoms with Crippen molar-refractivity contribution in [3.63, 3.8) is 0 Å². The average molecular weight is 477 g/mol. The Labute approximate surface area is 208 Å². The lowest BCUT2D eigenvalue weighted by Crippen LogP contribution is -2.43. The first-order valence-corrected chi connectivity index (χ1v) is 13.1. The number of rotatable bonds is 21. The number of unbranched alkanes of at least 4 members (excludes halogenated alkanes) is 6. The third-order valence-corrected chi connectivity index (χ3v) is 5.16. The van der Waals surface area contributed by atoms with Crippen LogP contribution in [-0.4, -0.2) is 55.3 Å². The van der Waals surface area contributed by atoms with Crippen LogP contribution in [0, 0.1) is 0 Å². The van der Waals surface area contributed by atoms with Gasteiger partial charge in [-0.25, -0.2) is 0 Å². The first kappa shape index (κ1) is 31.9. The van der Waals surface area contributed by atoms with E-state index in [1.54, 1.807) is 0 Å². The quantitative estimate of drug-likeness (QED) is 0.0838. The van der Waals surface area contributed by atoms with Crippen LogP contribution < -0.4 is 0 Å². The van der Waals surface area contributed by atoms with Gasteiger partial charge in [0.15, 0.2) is 6.10 Å². The van der Waals surface area contributed by atoms with Gasteiger partial charge >= 0.3 is 11.9 Å². The molecule has 0 aromatic carbocycles. The molecule has 0 saturated carbocycles. The van der Waals surface area contributed by atoms with E-state index in [0.29, 0.717) is 17.4 Å². The van der Waals surface area contributed by atoms with E-state index in [-0.39, 0.29) is 12.4 Å². The number of quaternary nitrogens is 1. The predicted octanol–water partition coefficient (Wildman–Crippen LogP) is 7.01.